The zero-order valence-electron chi connectivity index (χ0n) is 12.5. The molecule has 1 heterocycles. The van der Waals surface area contributed by atoms with Gasteiger partial charge in [-0.3, -0.25) is 4.79 Å². The number of amides is 1. The summed E-state index contributed by atoms with van der Waals surface area (Å²) in [6.45, 7) is 0.420. The Hall–Kier alpha value is -2.44. The lowest BCUT2D eigenvalue weighted by atomic mass is 10.2. The first-order valence-electron chi connectivity index (χ1n) is 7.18. The Morgan fingerprint density at radius 1 is 1.25 bits per heavy atom. The summed E-state index contributed by atoms with van der Waals surface area (Å²) in [5, 5.41) is 13.0. The van der Waals surface area contributed by atoms with Crippen molar-refractivity contribution in [3.05, 3.63) is 58.1 Å². The summed E-state index contributed by atoms with van der Waals surface area (Å²) in [7, 11) is 0. The van der Waals surface area contributed by atoms with E-state index in [1.165, 1.54) is 6.21 Å². The van der Waals surface area contributed by atoms with Gasteiger partial charge in [0.2, 0.25) is 5.91 Å². The maximum absolute atomic E-state index is 11.9. The predicted octanol–water partition coefficient (Wildman–Crippen LogP) is 3.28. The molecule has 24 heavy (non-hydrogen) atoms. The van der Waals surface area contributed by atoms with Crippen LogP contribution in [0.5, 0.6) is 0 Å². The van der Waals surface area contributed by atoms with Gasteiger partial charge in [-0.2, -0.15) is 5.10 Å². The molecule has 3 aromatic rings. The number of rotatable bonds is 5. The zero-order chi connectivity index (χ0) is 16.9. The summed E-state index contributed by atoms with van der Waals surface area (Å²) in [6, 6.07) is 12.6. The van der Waals surface area contributed by atoms with Crippen molar-refractivity contribution in [2.24, 2.45) is 5.10 Å². The molecule has 1 aromatic heterocycles. The minimum Gasteiger partial charge on any atom is -0.273 e. The Morgan fingerprint density at radius 2 is 2.08 bits per heavy atom. The minimum absolute atomic E-state index is 0.226. The monoisotopic (exact) mass is 361 g/mol. The molecule has 0 spiro atoms. The fourth-order valence-corrected chi connectivity index (χ4v) is 2.58. The molecular formula is C16H13Cl2N5O. The highest BCUT2D eigenvalue weighted by atomic mass is 35.5. The SMILES string of the molecule is O=C(CCn1nnc2ccccc21)N/N=C\c1ccc(Cl)cc1Cl. The zero-order valence-corrected chi connectivity index (χ0v) is 14.0. The van der Waals surface area contributed by atoms with E-state index in [0.29, 0.717) is 22.2 Å². The largest absolute Gasteiger partial charge is 0.273 e. The van der Waals surface area contributed by atoms with Crippen LogP contribution in [0.1, 0.15) is 12.0 Å². The summed E-state index contributed by atoms with van der Waals surface area (Å²) in [6.07, 6.45) is 1.71. The van der Waals surface area contributed by atoms with Crippen LogP contribution in [0.4, 0.5) is 0 Å². The van der Waals surface area contributed by atoms with Gasteiger partial charge < -0.3 is 0 Å². The third-order valence-electron chi connectivity index (χ3n) is 3.33. The molecule has 0 unspecified atom stereocenters. The molecule has 0 aliphatic heterocycles. The van der Waals surface area contributed by atoms with Gasteiger partial charge in [0.15, 0.2) is 0 Å². The van der Waals surface area contributed by atoms with Gasteiger partial charge in [0, 0.05) is 17.0 Å². The highest BCUT2D eigenvalue weighted by Crippen LogP contribution is 2.19. The van der Waals surface area contributed by atoms with Gasteiger partial charge >= 0.3 is 0 Å². The van der Waals surface area contributed by atoms with Crippen molar-refractivity contribution in [3.63, 3.8) is 0 Å². The maximum Gasteiger partial charge on any atom is 0.241 e. The second kappa shape index (κ2) is 7.42. The molecule has 0 aliphatic rings. The van der Waals surface area contributed by atoms with Gasteiger partial charge in [-0.05, 0) is 24.3 Å². The normalized spacial score (nSPS) is 11.2. The van der Waals surface area contributed by atoms with Crippen molar-refractivity contribution in [2.45, 2.75) is 13.0 Å². The summed E-state index contributed by atoms with van der Waals surface area (Å²) in [4.78, 5) is 11.9. The first-order valence-corrected chi connectivity index (χ1v) is 7.94. The molecule has 8 heteroatoms. The number of para-hydroxylation sites is 1. The number of aromatic nitrogens is 3. The van der Waals surface area contributed by atoms with E-state index in [4.69, 9.17) is 23.2 Å². The second-order valence-corrected chi connectivity index (χ2v) is 5.85. The van der Waals surface area contributed by atoms with Gasteiger partial charge in [-0.1, -0.05) is 46.6 Å². The molecule has 6 nitrogen and oxygen atoms in total. The molecule has 3 rings (SSSR count). The van der Waals surface area contributed by atoms with Crippen molar-refractivity contribution in [1.82, 2.24) is 20.4 Å². The van der Waals surface area contributed by atoms with Crippen LogP contribution >= 0.6 is 23.2 Å². The molecule has 0 aliphatic carbocycles. The van der Waals surface area contributed by atoms with E-state index >= 15 is 0 Å². The van der Waals surface area contributed by atoms with Gasteiger partial charge in [-0.25, -0.2) is 10.1 Å². The molecule has 0 atom stereocenters. The van der Waals surface area contributed by atoms with Crippen LogP contribution in [-0.4, -0.2) is 27.1 Å². The predicted molar refractivity (Wildman–Crippen MR) is 94.3 cm³/mol. The third kappa shape index (κ3) is 3.90. The van der Waals surface area contributed by atoms with Crippen LogP contribution in [0.2, 0.25) is 10.0 Å². The number of hydrogen-bond donors (Lipinski definition) is 1. The van der Waals surface area contributed by atoms with Crippen molar-refractivity contribution in [2.75, 3.05) is 0 Å². The number of aryl methyl sites for hydroxylation is 1. The summed E-state index contributed by atoms with van der Waals surface area (Å²) in [5.74, 6) is -0.226. The molecule has 0 fully saturated rings. The Kier molecular flexibility index (Phi) is 5.08. The first-order chi connectivity index (χ1) is 11.6. The van der Waals surface area contributed by atoms with Crippen molar-refractivity contribution >= 4 is 46.4 Å². The van der Waals surface area contributed by atoms with Gasteiger partial charge in [-0.15, -0.1) is 5.10 Å². The van der Waals surface area contributed by atoms with Crippen LogP contribution < -0.4 is 5.43 Å². The highest BCUT2D eigenvalue weighted by molar-refractivity contribution is 6.36. The highest BCUT2D eigenvalue weighted by Gasteiger charge is 2.06. The molecular weight excluding hydrogens is 349 g/mol. The smallest absolute Gasteiger partial charge is 0.241 e. The number of hydrazone groups is 1. The van der Waals surface area contributed by atoms with Crippen LogP contribution in [0.3, 0.4) is 0 Å². The second-order valence-electron chi connectivity index (χ2n) is 5.01. The fraction of sp³-hybridized carbons (Fsp3) is 0.125. The van der Waals surface area contributed by atoms with Gasteiger partial charge in [0.05, 0.1) is 23.3 Å². The van der Waals surface area contributed by atoms with Crippen molar-refractivity contribution in [3.8, 4) is 0 Å². The average molecular weight is 362 g/mol. The standard InChI is InChI=1S/C16H13Cl2N5O/c17-12-6-5-11(13(18)9-12)10-19-21-16(24)7-8-23-15-4-2-1-3-14(15)20-22-23/h1-6,9-10H,7-8H2,(H,21,24)/b19-10-. The van der Waals surface area contributed by atoms with Crippen LogP contribution in [0, 0.1) is 0 Å². The molecule has 0 radical (unpaired) electrons. The lowest BCUT2D eigenvalue weighted by Gasteiger charge is -2.02. The van der Waals surface area contributed by atoms with E-state index in [9.17, 15) is 4.79 Å². The summed E-state index contributed by atoms with van der Waals surface area (Å²) >= 11 is 11.8. The van der Waals surface area contributed by atoms with Crippen molar-refractivity contribution in [1.29, 1.82) is 0 Å². The van der Waals surface area contributed by atoms with Gasteiger partial charge in [0.25, 0.3) is 0 Å². The Labute approximate surface area is 148 Å². The number of carbonyl (C=O) groups excluding carboxylic acids is 1. The van der Waals surface area contributed by atoms with E-state index in [1.807, 2.05) is 24.3 Å². The number of nitrogens with one attached hydrogen (secondary N) is 1. The molecule has 0 saturated heterocycles. The maximum atomic E-state index is 11.9. The summed E-state index contributed by atoms with van der Waals surface area (Å²) < 4.78 is 1.69. The minimum atomic E-state index is -0.226. The van der Waals surface area contributed by atoms with E-state index in [2.05, 4.69) is 20.8 Å². The third-order valence-corrected chi connectivity index (χ3v) is 3.89. The van der Waals surface area contributed by atoms with E-state index in [1.54, 1.807) is 22.9 Å². The molecule has 122 valence electrons. The van der Waals surface area contributed by atoms with Gasteiger partial charge in [0.1, 0.15) is 5.52 Å². The van der Waals surface area contributed by atoms with E-state index < -0.39 is 0 Å². The van der Waals surface area contributed by atoms with Crippen molar-refractivity contribution < 1.29 is 4.79 Å². The number of halogens is 2. The molecule has 0 saturated carbocycles. The lowest BCUT2D eigenvalue weighted by molar-refractivity contribution is -0.121. The fourth-order valence-electron chi connectivity index (χ4n) is 2.13. The van der Waals surface area contributed by atoms with Crippen LogP contribution in [0.25, 0.3) is 11.0 Å². The number of fused-ring (bicyclic) bond motifs is 1. The van der Waals surface area contributed by atoms with E-state index in [-0.39, 0.29) is 12.3 Å². The Bertz CT molecular complexity index is 906. The molecule has 1 N–H and O–H groups in total. The number of benzene rings is 2. The Balaban J connectivity index is 1.55. The van der Waals surface area contributed by atoms with E-state index in [0.717, 1.165) is 11.0 Å². The number of hydrogen-bond acceptors (Lipinski definition) is 4. The Morgan fingerprint density at radius 3 is 2.92 bits per heavy atom. The first kappa shape index (κ1) is 16.4. The number of carbonyl (C=O) groups is 1. The molecule has 1 amide bonds. The quantitative estimate of drug-likeness (QED) is 0.559. The van der Waals surface area contributed by atoms with Crippen LogP contribution in [-0.2, 0) is 11.3 Å². The lowest BCUT2D eigenvalue weighted by Crippen LogP contribution is -2.19. The topological polar surface area (TPSA) is 72.2 Å². The molecule has 0 bridgehead atoms. The average Bonchev–Trinajstić information content (AvgIpc) is 2.98. The molecule has 2 aromatic carbocycles. The summed E-state index contributed by atoms with van der Waals surface area (Å²) in [5.41, 5.74) is 4.82. The number of nitrogens with zero attached hydrogens (tertiary/aromatic N) is 4. The van der Waals surface area contributed by atoms with Crippen LogP contribution in [0.15, 0.2) is 47.6 Å².